The van der Waals surface area contributed by atoms with Gasteiger partial charge in [0, 0.05) is 32.2 Å². The molecule has 0 radical (unpaired) electrons. The number of fused-ring (bicyclic) bond motifs is 3. The second-order valence-corrected chi connectivity index (χ2v) is 33.9. The van der Waals surface area contributed by atoms with Crippen molar-refractivity contribution < 1.29 is 158 Å². The number of amides is 3. The van der Waals surface area contributed by atoms with Gasteiger partial charge in [0.25, 0.3) is 5.79 Å². The number of hydrogen-bond donors (Lipinski definition) is 21. The summed E-state index contributed by atoms with van der Waals surface area (Å²) in [6.07, 6.45) is -15.4. The van der Waals surface area contributed by atoms with Crippen LogP contribution in [0.15, 0.2) is 60.7 Å². The van der Waals surface area contributed by atoms with Crippen LogP contribution in [0.4, 0.5) is 4.79 Å². The maximum Gasteiger partial charge on any atom is 0.407 e. The number of allylic oxidation sites excluding steroid dienone is 1. The quantitative estimate of drug-likeness (QED) is 0.0333. The van der Waals surface area contributed by atoms with Crippen molar-refractivity contribution in [1.29, 1.82) is 0 Å². The molecule has 2 aromatic carbocycles. The van der Waals surface area contributed by atoms with E-state index >= 15 is 0 Å². The number of unbranched alkanes of at least 4 members (excludes halogenated alkanes) is 27. The lowest BCUT2D eigenvalue weighted by Crippen LogP contribution is -2.72. The van der Waals surface area contributed by atoms with E-state index in [9.17, 15) is 106 Å². The molecule has 22 N–H and O–H groups in total. The minimum atomic E-state index is -3.31. The molecule has 36 nitrogen and oxygen atoms in total. The molecule has 124 heavy (non-hydrogen) atoms. The molecule has 8 rings (SSSR count). The molecule has 2 aromatic rings. The Kier molecular flexibility index (Phi) is 45.7. The molecule has 6 aliphatic rings. The Morgan fingerprint density at radius 3 is 1.56 bits per heavy atom. The predicted octanol–water partition coefficient (Wildman–Crippen LogP) is 2.08. The van der Waals surface area contributed by atoms with Crippen LogP contribution in [0.1, 0.15) is 230 Å². The molecule has 1 aliphatic carbocycles. The first kappa shape index (κ1) is 104. The number of carbonyl (C=O) groups is 4. The van der Waals surface area contributed by atoms with E-state index in [0.29, 0.717) is 26.0 Å². The van der Waals surface area contributed by atoms with Gasteiger partial charge in [-0.15, -0.1) is 0 Å². The number of nitrogens with one attached hydrogen (secondary N) is 3. The van der Waals surface area contributed by atoms with Crippen LogP contribution in [0.3, 0.4) is 0 Å². The zero-order valence-corrected chi connectivity index (χ0v) is 71.8. The van der Waals surface area contributed by atoms with Gasteiger partial charge in [-0.05, 0) is 47.9 Å². The van der Waals surface area contributed by atoms with Gasteiger partial charge in [0.15, 0.2) is 25.2 Å². The van der Waals surface area contributed by atoms with E-state index < -0.39 is 235 Å². The molecule has 0 bridgehead atoms. The number of aliphatic carboxylic acids is 1. The lowest BCUT2D eigenvalue weighted by Gasteiger charge is -2.52. The minimum absolute atomic E-state index is 0.0228. The summed E-state index contributed by atoms with van der Waals surface area (Å²) in [5.41, 5.74) is 10.9. The second-order valence-electron chi connectivity index (χ2n) is 33.9. The van der Waals surface area contributed by atoms with Crippen LogP contribution in [-0.4, -0.2) is 335 Å². The third kappa shape index (κ3) is 30.2. The Balaban J connectivity index is 0.853. The molecule has 3 amide bonds. The average Bonchev–Trinajstić information content (AvgIpc) is 1.37. The van der Waals surface area contributed by atoms with Crippen molar-refractivity contribution in [3.05, 3.63) is 71.8 Å². The number of carboxylic acids is 1. The van der Waals surface area contributed by atoms with E-state index in [1.807, 2.05) is 30.3 Å². The number of carbonyl (C=O) groups excluding carboxylic acids is 3. The Labute approximate surface area is 726 Å². The first-order chi connectivity index (χ1) is 59.8. The van der Waals surface area contributed by atoms with E-state index in [1.165, 1.54) is 106 Å². The molecule has 5 aliphatic heterocycles. The third-order valence-electron chi connectivity index (χ3n) is 24.5. The van der Waals surface area contributed by atoms with Gasteiger partial charge in [-0.2, -0.15) is 0 Å². The number of hydrogen-bond acceptors (Lipinski definition) is 32. The number of ether oxygens (including phenoxy) is 11. The maximum atomic E-state index is 13.7. The molecule has 708 valence electrons. The third-order valence-corrected chi connectivity index (χ3v) is 24.5. The van der Waals surface area contributed by atoms with Crippen molar-refractivity contribution >= 4 is 23.9 Å². The summed E-state index contributed by atoms with van der Waals surface area (Å²) in [6.45, 7) is -1.90. The Hall–Kier alpha value is -5.22. The first-order valence-electron chi connectivity index (χ1n) is 45.2. The number of aliphatic hydroxyl groups is 16. The largest absolute Gasteiger partial charge is 0.477 e. The summed E-state index contributed by atoms with van der Waals surface area (Å²) in [7, 11) is 0. The highest BCUT2D eigenvalue weighted by Gasteiger charge is 2.62. The highest BCUT2D eigenvalue weighted by molar-refractivity contribution is 5.79. The van der Waals surface area contributed by atoms with E-state index in [4.69, 9.17) is 57.8 Å². The number of benzene rings is 2. The van der Waals surface area contributed by atoms with Gasteiger partial charge in [0.1, 0.15) is 123 Å². The topological polar surface area (TPSA) is 576 Å². The second kappa shape index (κ2) is 54.4. The highest BCUT2D eigenvalue weighted by atomic mass is 16.8. The summed E-state index contributed by atoms with van der Waals surface area (Å²) in [5, 5.41) is 197. The summed E-state index contributed by atoms with van der Waals surface area (Å²) in [6, 6.07) is 11.8. The number of aliphatic hydroxyl groups excluding tert-OH is 16. The summed E-state index contributed by atoms with van der Waals surface area (Å²) >= 11 is 0. The molecule has 0 aromatic heterocycles. The minimum Gasteiger partial charge on any atom is -0.477 e. The molecular formula is C88H144N4O32. The van der Waals surface area contributed by atoms with Crippen molar-refractivity contribution in [1.82, 2.24) is 16.0 Å². The van der Waals surface area contributed by atoms with Crippen molar-refractivity contribution in [2.24, 2.45) is 5.73 Å². The molecule has 5 fully saturated rings. The fourth-order valence-electron chi connectivity index (χ4n) is 17.2. The maximum absolute atomic E-state index is 13.7. The fraction of sp³-hybridized carbons (Fsp3) is 0.795. The summed E-state index contributed by atoms with van der Waals surface area (Å²) in [4.78, 5) is 53.1. The molecule has 5 saturated heterocycles. The number of carboxylic acid groups (broad SMARTS) is 1. The van der Waals surface area contributed by atoms with Gasteiger partial charge in [0.2, 0.25) is 11.8 Å². The van der Waals surface area contributed by atoms with Gasteiger partial charge in [-0.3, -0.25) is 9.59 Å². The van der Waals surface area contributed by atoms with Crippen molar-refractivity contribution in [2.75, 3.05) is 52.8 Å². The van der Waals surface area contributed by atoms with E-state index in [-0.39, 0.29) is 18.4 Å². The van der Waals surface area contributed by atoms with Crippen LogP contribution < -0.4 is 21.7 Å². The molecule has 36 heteroatoms. The van der Waals surface area contributed by atoms with Crippen LogP contribution >= 0.6 is 0 Å². The number of nitrogens with two attached hydrogens (primary N) is 1. The van der Waals surface area contributed by atoms with Crippen LogP contribution in [0.25, 0.3) is 11.1 Å². The van der Waals surface area contributed by atoms with Gasteiger partial charge < -0.3 is 161 Å². The Morgan fingerprint density at radius 1 is 0.540 bits per heavy atom. The number of rotatable bonds is 57. The van der Waals surface area contributed by atoms with E-state index in [1.54, 1.807) is 6.08 Å². The normalized spacial score (nSPS) is 31.8. The predicted molar refractivity (Wildman–Crippen MR) is 445 cm³/mol. The molecular weight excluding hydrogens is 1620 g/mol. The van der Waals surface area contributed by atoms with Gasteiger partial charge in [-0.25, -0.2) is 9.59 Å². The number of alkyl carbamates (subject to hydrolysis) is 1. The molecule has 0 spiro atoms. The monoisotopic (exact) mass is 1770 g/mol. The standard InChI is InChI=1S/C88H144N4O32/c1-3-4-5-6-7-8-9-10-12-15-18-21-24-27-30-41-59(99)58(92-66(102)42-31-28-25-22-19-16-13-11-14-17-20-23-26-29-36-43-90-87(113)115-50-57-55-39-34-32-37-53(55)54-38-33-35-40-56(54)57)51-114-83-75(109)73(107)77(64(48-96)118-83)120-85-76(110)81(124-88(86(111)112)44-60(100)67(89)79(123-88)69(103)61(101)45-93)78(65(49-97)119-85)121-82-68(91-52(2)98)80(71(105)63(47-95)116-82)122-84-74(108)72(106)70(104)62(46-94)117-84/h30,32-35,37-41,57-65,67-85,93-97,99-101,103-110H,3-29,31,36,42-51,89H2,1-2H3,(H,90,113)(H,91,98)(H,92,102)(H,111,112)/b41-30+/t58-,59+,60-,61+,62+,63+,64+,65+,67+,68+,69+,70-,71-,72-,73+,74+,75+,76+,77+,78-,79+,80+,81+,82-,83+,84-,85-,88-/m0/s1. The van der Waals surface area contributed by atoms with Gasteiger partial charge >= 0.3 is 12.1 Å². The zero-order chi connectivity index (χ0) is 89.8. The summed E-state index contributed by atoms with van der Waals surface area (Å²) < 4.78 is 65.7. The Morgan fingerprint density at radius 2 is 1.02 bits per heavy atom. The smallest absolute Gasteiger partial charge is 0.407 e. The Bertz CT molecular complexity index is 3370. The van der Waals surface area contributed by atoms with Crippen molar-refractivity contribution in [3.63, 3.8) is 0 Å². The van der Waals surface area contributed by atoms with Crippen LogP contribution in [-0.2, 0) is 66.5 Å². The lowest BCUT2D eigenvalue weighted by molar-refractivity contribution is -0.403. The van der Waals surface area contributed by atoms with E-state index in [2.05, 4.69) is 47.1 Å². The molecule has 5 heterocycles. The van der Waals surface area contributed by atoms with Gasteiger partial charge in [0.05, 0.1) is 63.9 Å². The van der Waals surface area contributed by atoms with Crippen LogP contribution in [0.2, 0.25) is 0 Å². The van der Waals surface area contributed by atoms with E-state index in [0.717, 1.165) is 96.8 Å². The molecule has 0 unspecified atom stereocenters. The fourth-order valence-corrected chi connectivity index (χ4v) is 17.2. The van der Waals surface area contributed by atoms with Crippen molar-refractivity contribution in [2.45, 2.75) is 390 Å². The van der Waals surface area contributed by atoms with Crippen molar-refractivity contribution in [3.8, 4) is 11.1 Å². The SMILES string of the molecule is CCCCCCCCCCCCCCC/C=C/[C@@H](O)[C@H](CO[C@@H]1O[C@H](CO)[C@@H](O[C@@H]2O[C@H](CO)[C@H](O[C@@H]3O[C@H](CO)[C@H](O)[C@H](O[C@@H]4O[C@H](CO)[C@H](O)[C@H](O)[C@H]4O)[C@H]3NC(C)=O)[C@H](O[C@]3(C(=O)O)C[C@H](O)[C@@H](N)[C@H]([C@H](O)[C@H](O)CO)O3)[C@H]2O)[C@H](O)[C@H]1O)NC(=O)CCCCCCCCCCCCCCCCCNC(=O)OCC1c2ccccc2-c2ccccc21. The lowest BCUT2D eigenvalue weighted by atomic mass is 9.88. The first-order valence-corrected chi connectivity index (χ1v) is 45.2. The molecule has 28 atom stereocenters. The summed E-state index contributed by atoms with van der Waals surface area (Å²) in [5.74, 6) is -6.71. The van der Waals surface area contributed by atoms with Crippen LogP contribution in [0.5, 0.6) is 0 Å². The van der Waals surface area contributed by atoms with Crippen LogP contribution in [0, 0.1) is 0 Å². The van der Waals surface area contributed by atoms with Gasteiger partial charge in [-0.1, -0.05) is 228 Å². The highest BCUT2D eigenvalue weighted by Crippen LogP contribution is 2.46. The molecule has 0 saturated carbocycles. The average molecular weight is 1770 g/mol. The zero-order valence-electron chi connectivity index (χ0n) is 71.8.